The summed E-state index contributed by atoms with van der Waals surface area (Å²) in [5, 5.41) is 12.2. The molecule has 0 atom stereocenters. The molecule has 1 nitrogen and oxygen atoms in total. The molecule has 0 radical (unpaired) electrons. The number of phenolic OH excluding ortho intramolecular Hbond substituents is 1. The lowest BCUT2D eigenvalue weighted by Crippen LogP contribution is -1.86. The number of allylic oxidation sites excluding steroid dienone is 2. The van der Waals surface area contributed by atoms with Crippen LogP contribution in [0.5, 0.6) is 5.75 Å². The molecule has 1 N–H and O–H groups in total. The molecule has 0 fully saturated rings. The molecule has 0 spiro atoms. The van der Waals surface area contributed by atoms with Gasteiger partial charge < -0.3 is 5.11 Å². The quantitative estimate of drug-likeness (QED) is 0.744. The Morgan fingerprint density at radius 1 is 1.12 bits per heavy atom. The van der Waals surface area contributed by atoms with Crippen molar-refractivity contribution in [1.82, 2.24) is 0 Å². The maximum atomic E-state index is 9.89. The molecule has 82 valence electrons. The lowest BCUT2D eigenvalue weighted by molar-refractivity contribution is 0.471. The third kappa shape index (κ3) is 2.08. The fourth-order valence-electron chi connectivity index (χ4n) is 1.85. The molecule has 0 amide bonds. The maximum absolute atomic E-state index is 9.89. The largest absolute Gasteiger partial charge is 0.508 e. The van der Waals surface area contributed by atoms with Crippen molar-refractivity contribution in [3.63, 3.8) is 0 Å². The van der Waals surface area contributed by atoms with Gasteiger partial charge in [0, 0.05) is 5.56 Å². The Hall–Kier alpha value is -1.76. The number of aromatic hydroxyl groups is 1. The third-order valence-corrected chi connectivity index (χ3v) is 2.73. The molecule has 0 aromatic heterocycles. The predicted octanol–water partition coefficient (Wildman–Crippen LogP) is 4.05. The van der Waals surface area contributed by atoms with Gasteiger partial charge in [0.2, 0.25) is 0 Å². The van der Waals surface area contributed by atoms with Crippen molar-refractivity contribution >= 4 is 10.8 Å². The van der Waals surface area contributed by atoms with Crippen LogP contribution in [0.15, 0.2) is 48.0 Å². The summed E-state index contributed by atoms with van der Waals surface area (Å²) in [4.78, 5) is 0. The average molecular weight is 212 g/mol. The van der Waals surface area contributed by atoms with Crippen LogP contribution in [0.4, 0.5) is 0 Å². The number of rotatable bonds is 2. The van der Waals surface area contributed by atoms with E-state index >= 15 is 0 Å². The van der Waals surface area contributed by atoms with Crippen LogP contribution in [0.3, 0.4) is 0 Å². The second kappa shape index (κ2) is 4.40. The number of hydrogen-bond donors (Lipinski definition) is 1. The van der Waals surface area contributed by atoms with Crippen LogP contribution >= 0.6 is 0 Å². The van der Waals surface area contributed by atoms with Gasteiger partial charge in [-0.25, -0.2) is 0 Å². The second-order valence-corrected chi connectivity index (χ2v) is 4.27. The van der Waals surface area contributed by atoms with Crippen molar-refractivity contribution in [2.45, 2.75) is 20.3 Å². The topological polar surface area (TPSA) is 20.2 Å². The first kappa shape index (κ1) is 10.7. The highest BCUT2D eigenvalue weighted by molar-refractivity contribution is 5.87. The van der Waals surface area contributed by atoms with E-state index in [2.05, 4.69) is 32.1 Å². The van der Waals surface area contributed by atoms with Crippen molar-refractivity contribution in [1.29, 1.82) is 0 Å². The summed E-state index contributed by atoms with van der Waals surface area (Å²) < 4.78 is 0. The minimum atomic E-state index is 0.385. The zero-order chi connectivity index (χ0) is 11.5. The average Bonchev–Trinajstić information content (AvgIpc) is 2.27. The monoisotopic (exact) mass is 212 g/mol. The van der Waals surface area contributed by atoms with Crippen LogP contribution in [0.2, 0.25) is 0 Å². The lowest BCUT2D eigenvalue weighted by Gasteiger charge is -2.07. The van der Waals surface area contributed by atoms with Crippen LogP contribution < -0.4 is 0 Å². The molecule has 0 unspecified atom stereocenters. The van der Waals surface area contributed by atoms with Gasteiger partial charge in [0.25, 0.3) is 0 Å². The summed E-state index contributed by atoms with van der Waals surface area (Å²) in [6.45, 7) is 4.14. The number of hydrogen-bond acceptors (Lipinski definition) is 1. The highest BCUT2D eigenvalue weighted by Crippen LogP contribution is 2.27. The Morgan fingerprint density at radius 3 is 2.62 bits per heavy atom. The lowest BCUT2D eigenvalue weighted by atomic mass is 10.0. The smallest absolute Gasteiger partial charge is 0.119 e. The Bertz CT molecular complexity index is 534. The number of fused-ring (bicyclic) bond motifs is 1. The van der Waals surface area contributed by atoms with Crippen molar-refractivity contribution in [2.24, 2.45) is 0 Å². The Labute approximate surface area is 96.0 Å². The molecule has 0 saturated carbocycles. The van der Waals surface area contributed by atoms with E-state index in [4.69, 9.17) is 0 Å². The third-order valence-electron chi connectivity index (χ3n) is 2.73. The first-order chi connectivity index (χ1) is 7.68. The minimum Gasteiger partial charge on any atom is -0.508 e. The normalized spacial score (nSPS) is 10.4. The molecule has 0 aliphatic rings. The highest BCUT2D eigenvalue weighted by Gasteiger charge is 2.04. The van der Waals surface area contributed by atoms with E-state index in [9.17, 15) is 5.11 Å². The zero-order valence-electron chi connectivity index (χ0n) is 9.70. The Morgan fingerprint density at radius 2 is 1.88 bits per heavy atom. The summed E-state index contributed by atoms with van der Waals surface area (Å²) in [6.07, 6.45) is 2.93. The summed E-state index contributed by atoms with van der Waals surface area (Å²) in [5.41, 5.74) is 2.28. The van der Waals surface area contributed by atoms with Crippen molar-refractivity contribution in [3.8, 4) is 5.75 Å². The first-order valence-electron chi connectivity index (χ1n) is 5.51. The van der Waals surface area contributed by atoms with Gasteiger partial charge in [0.1, 0.15) is 5.75 Å². The van der Waals surface area contributed by atoms with E-state index in [1.54, 1.807) is 6.07 Å². The van der Waals surface area contributed by atoms with Crippen LogP contribution in [0.25, 0.3) is 10.8 Å². The summed E-state index contributed by atoms with van der Waals surface area (Å²) in [7, 11) is 0. The van der Waals surface area contributed by atoms with Gasteiger partial charge in [-0.3, -0.25) is 0 Å². The minimum absolute atomic E-state index is 0.385. The van der Waals surface area contributed by atoms with Gasteiger partial charge in [-0.2, -0.15) is 0 Å². The van der Waals surface area contributed by atoms with E-state index in [1.165, 1.54) is 11.0 Å². The van der Waals surface area contributed by atoms with Gasteiger partial charge in [-0.1, -0.05) is 42.0 Å². The fraction of sp³-hybridized carbons (Fsp3) is 0.200. The molecule has 2 aromatic rings. The van der Waals surface area contributed by atoms with Crippen LogP contribution in [-0.4, -0.2) is 5.11 Å². The second-order valence-electron chi connectivity index (χ2n) is 4.27. The fourth-order valence-corrected chi connectivity index (χ4v) is 1.85. The zero-order valence-corrected chi connectivity index (χ0v) is 9.70. The molecule has 0 aliphatic heterocycles. The molecule has 2 rings (SSSR count). The SMILES string of the molecule is CC(C)=CCc1c(O)ccc2ccccc12. The molecular weight excluding hydrogens is 196 g/mol. The standard InChI is InChI=1S/C15H16O/c1-11(2)7-9-14-13-6-4-3-5-12(13)8-10-15(14)16/h3-8,10,16H,9H2,1-2H3. The van der Waals surface area contributed by atoms with E-state index in [0.29, 0.717) is 5.75 Å². The van der Waals surface area contributed by atoms with Gasteiger partial charge in [-0.15, -0.1) is 0 Å². The van der Waals surface area contributed by atoms with Crippen LogP contribution in [0.1, 0.15) is 19.4 Å². The van der Waals surface area contributed by atoms with Crippen molar-refractivity contribution in [3.05, 3.63) is 53.6 Å². The first-order valence-corrected chi connectivity index (χ1v) is 5.51. The molecule has 0 saturated heterocycles. The summed E-state index contributed by atoms with van der Waals surface area (Å²) >= 11 is 0. The molecule has 0 heterocycles. The van der Waals surface area contributed by atoms with Crippen LogP contribution in [-0.2, 0) is 6.42 Å². The number of phenols is 1. The van der Waals surface area contributed by atoms with Crippen molar-refractivity contribution < 1.29 is 5.11 Å². The Balaban J connectivity index is 2.57. The highest BCUT2D eigenvalue weighted by atomic mass is 16.3. The van der Waals surface area contributed by atoms with Gasteiger partial charge in [0.15, 0.2) is 0 Å². The van der Waals surface area contributed by atoms with Gasteiger partial charge in [-0.05, 0) is 37.1 Å². The van der Waals surface area contributed by atoms with Crippen molar-refractivity contribution in [2.75, 3.05) is 0 Å². The molecule has 0 bridgehead atoms. The predicted molar refractivity (Wildman–Crippen MR) is 68.7 cm³/mol. The van der Waals surface area contributed by atoms with E-state index in [0.717, 1.165) is 17.4 Å². The Kier molecular flexibility index (Phi) is 2.95. The van der Waals surface area contributed by atoms with E-state index in [1.807, 2.05) is 18.2 Å². The van der Waals surface area contributed by atoms with Gasteiger partial charge >= 0.3 is 0 Å². The maximum Gasteiger partial charge on any atom is 0.119 e. The number of benzene rings is 2. The van der Waals surface area contributed by atoms with Gasteiger partial charge in [0.05, 0.1) is 0 Å². The van der Waals surface area contributed by atoms with E-state index in [-0.39, 0.29) is 0 Å². The molecular formula is C15H16O. The van der Waals surface area contributed by atoms with E-state index < -0.39 is 0 Å². The molecule has 2 aromatic carbocycles. The van der Waals surface area contributed by atoms with Crippen LogP contribution in [0, 0.1) is 0 Å². The summed E-state index contributed by atoms with van der Waals surface area (Å²) in [6, 6.07) is 11.9. The summed E-state index contributed by atoms with van der Waals surface area (Å²) in [5.74, 6) is 0.385. The molecule has 1 heteroatoms. The molecule has 16 heavy (non-hydrogen) atoms. The molecule has 0 aliphatic carbocycles.